The van der Waals surface area contributed by atoms with E-state index >= 15 is 0 Å². The minimum atomic E-state index is 0.672. The molecule has 280 valence electrons. The van der Waals surface area contributed by atoms with Crippen LogP contribution in [0, 0.1) is 0 Å². The Labute approximate surface area is 350 Å². The number of para-hydroxylation sites is 2. The molecule has 0 unspecified atom stereocenters. The number of aromatic nitrogens is 4. The van der Waals surface area contributed by atoms with Crippen molar-refractivity contribution in [2.75, 3.05) is 0 Å². The van der Waals surface area contributed by atoms with Gasteiger partial charge in [0.25, 0.3) is 0 Å². The summed E-state index contributed by atoms with van der Waals surface area (Å²) in [5.41, 5.74) is 13.5. The average molecular weight is 783 g/mol. The number of hydrogen-bond acceptors (Lipinski definition) is 4. The Kier molecular flexibility index (Phi) is 8.00. The number of rotatable bonds is 6. The molecule has 0 bridgehead atoms. The molecule has 4 nitrogen and oxygen atoms in total. The Morgan fingerprint density at radius 2 is 0.950 bits per heavy atom. The lowest BCUT2D eigenvalue weighted by Gasteiger charge is -2.13. The average Bonchev–Trinajstić information content (AvgIpc) is 3.88. The zero-order valence-corrected chi connectivity index (χ0v) is 33.1. The van der Waals surface area contributed by atoms with Crippen molar-refractivity contribution in [2.45, 2.75) is 0 Å². The van der Waals surface area contributed by atoms with E-state index < -0.39 is 0 Å². The van der Waals surface area contributed by atoms with Gasteiger partial charge in [-0.3, -0.25) is 0 Å². The third-order valence-corrected chi connectivity index (χ3v) is 12.8. The Bertz CT molecular complexity index is 3530. The molecule has 0 fully saturated rings. The van der Waals surface area contributed by atoms with Crippen molar-refractivity contribution in [2.24, 2.45) is 0 Å². The van der Waals surface area contributed by atoms with Crippen molar-refractivity contribution in [3.8, 4) is 62.0 Å². The van der Waals surface area contributed by atoms with Gasteiger partial charge in [-0.2, -0.15) is 0 Å². The highest BCUT2D eigenvalue weighted by molar-refractivity contribution is 7.26. The molecule has 0 saturated heterocycles. The molecule has 0 saturated carbocycles. The van der Waals surface area contributed by atoms with Gasteiger partial charge in [0.05, 0.1) is 33.6 Å². The molecular weight excluding hydrogens is 749 g/mol. The van der Waals surface area contributed by atoms with Gasteiger partial charge in [-0.15, -0.1) is 11.3 Å². The minimum absolute atomic E-state index is 0.672. The van der Waals surface area contributed by atoms with Crippen LogP contribution in [0.3, 0.4) is 0 Å². The molecule has 0 N–H and O–H groups in total. The van der Waals surface area contributed by atoms with Gasteiger partial charge in [-0.1, -0.05) is 164 Å². The van der Waals surface area contributed by atoms with Crippen LogP contribution in [0.5, 0.6) is 0 Å². The van der Waals surface area contributed by atoms with E-state index in [0.29, 0.717) is 5.82 Å². The van der Waals surface area contributed by atoms with Gasteiger partial charge >= 0.3 is 0 Å². The summed E-state index contributed by atoms with van der Waals surface area (Å²) in [4.78, 5) is 15.9. The highest BCUT2D eigenvalue weighted by atomic mass is 32.1. The predicted octanol–water partition coefficient (Wildman–Crippen LogP) is 14.8. The summed E-state index contributed by atoms with van der Waals surface area (Å²) in [7, 11) is 0. The van der Waals surface area contributed by atoms with Crippen molar-refractivity contribution in [3.05, 3.63) is 206 Å². The Morgan fingerprint density at radius 3 is 1.68 bits per heavy atom. The van der Waals surface area contributed by atoms with Gasteiger partial charge in [0.1, 0.15) is 0 Å². The quantitative estimate of drug-likeness (QED) is 0.169. The Hall–Kier alpha value is -7.73. The van der Waals surface area contributed by atoms with E-state index in [4.69, 9.17) is 15.0 Å². The fourth-order valence-electron chi connectivity index (χ4n) is 8.74. The molecule has 0 radical (unpaired) electrons. The fourth-order valence-corrected chi connectivity index (χ4v) is 9.98. The predicted molar refractivity (Wildman–Crippen MR) is 252 cm³/mol. The molecule has 8 aromatic carbocycles. The summed E-state index contributed by atoms with van der Waals surface area (Å²) in [6, 6.07) is 73.0. The van der Waals surface area contributed by atoms with Crippen LogP contribution in [0.1, 0.15) is 0 Å². The van der Waals surface area contributed by atoms with Crippen LogP contribution in [-0.2, 0) is 0 Å². The topological polar surface area (TPSA) is 43.6 Å². The monoisotopic (exact) mass is 782 g/mol. The van der Waals surface area contributed by atoms with Gasteiger partial charge in [0.2, 0.25) is 0 Å². The number of benzene rings is 8. The summed E-state index contributed by atoms with van der Waals surface area (Å²) >= 11 is 1.84. The Morgan fingerprint density at radius 1 is 0.367 bits per heavy atom. The standard InChI is InChI=1S/C55H34N4S/c1-3-14-35(15-4-1)39-30-31-44-48(33-39)56-53(52-45-22-9-12-25-51(45)60-54(44)52)37-26-28-38(29-27-37)55-57-46(36-16-5-2-6-17-36)34-47(58-55)40-18-13-19-41(32-40)59-49-23-10-7-20-42(49)43-21-8-11-24-50(43)59/h1-34H. The summed E-state index contributed by atoms with van der Waals surface area (Å²) < 4.78 is 4.86. The zero-order chi connectivity index (χ0) is 39.6. The van der Waals surface area contributed by atoms with Crippen LogP contribution in [0.25, 0.3) is 115 Å². The maximum atomic E-state index is 5.43. The number of nitrogens with zero attached hydrogens (tertiary/aromatic N) is 4. The van der Waals surface area contributed by atoms with Crippen LogP contribution < -0.4 is 0 Å². The van der Waals surface area contributed by atoms with Gasteiger partial charge in [0, 0.05) is 64.3 Å². The number of hydrogen-bond donors (Lipinski definition) is 0. The van der Waals surface area contributed by atoms with Crippen molar-refractivity contribution in [3.63, 3.8) is 0 Å². The Balaban J connectivity index is 0.995. The zero-order valence-electron chi connectivity index (χ0n) is 32.3. The molecular formula is C55H34N4S. The van der Waals surface area contributed by atoms with E-state index in [0.717, 1.165) is 56.1 Å². The van der Waals surface area contributed by atoms with Crippen molar-refractivity contribution in [1.82, 2.24) is 19.5 Å². The van der Waals surface area contributed by atoms with Crippen LogP contribution >= 0.6 is 11.3 Å². The molecule has 5 heteroatoms. The maximum Gasteiger partial charge on any atom is 0.160 e. The van der Waals surface area contributed by atoms with Gasteiger partial charge in [0.15, 0.2) is 5.82 Å². The number of fused-ring (bicyclic) bond motifs is 8. The van der Waals surface area contributed by atoms with E-state index in [1.807, 2.05) is 17.4 Å². The highest BCUT2D eigenvalue weighted by Crippen LogP contribution is 2.44. The molecule has 0 aliphatic rings. The first-order valence-corrected chi connectivity index (χ1v) is 21.0. The highest BCUT2D eigenvalue weighted by Gasteiger charge is 2.19. The van der Waals surface area contributed by atoms with Crippen LogP contribution in [0.15, 0.2) is 206 Å². The van der Waals surface area contributed by atoms with Crippen molar-refractivity contribution >= 4 is 64.2 Å². The van der Waals surface area contributed by atoms with Crippen molar-refractivity contribution < 1.29 is 0 Å². The van der Waals surface area contributed by atoms with Gasteiger partial charge < -0.3 is 4.57 Å². The third-order valence-electron chi connectivity index (χ3n) is 11.6. The molecule has 0 spiro atoms. The third kappa shape index (κ3) is 5.70. The van der Waals surface area contributed by atoms with E-state index in [-0.39, 0.29) is 0 Å². The van der Waals surface area contributed by atoms with Gasteiger partial charge in [-0.05, 0) is 53.6 Å². The second-order valence-corrected chi connectivity index (χ2v) is 16.2. The lowest BCUT2D eigenvalue weighted by atomic mass is 9.99. The fraction of sp³-hybridized carbons (Fsp3) is 0. The van der Waals surface area contributed by atoms with E-state index in [2.05, 4.69) is 205 Å². The van der Waals surface area contributed by atoms with Gasteiger partial charge in [-0.25, -0.2) is 15.0 Å². The summed E-state index contributed by atoms with van der Waals surface area (Å²) in [6.45, 7) is 0. The van der Waals surface area contributed by atoms with Crippen LogP contribution in [-0.4, -0.2) is 19.5 Å². The normalized spacial score (nSPS) is 11.7. The SMILES string of the molecule is c1ccc(-c2ccc3c(c2)nc(-c2ccc(-c4nc(-c5ccccc5)cc(-c5cccc(-n6c7ccccc7c7ccccc76)c5)n4)cc2)c2c4ccccc4sc32)cc1. The lowest BCUT2D eigenvalue weighted by Crippen LogP contribution is -1.98. The summed E-state index contributed by atoms with van der Waals surface area (Å²) in [6.07, 6.45) is 0. The largest absolute Gasteiger partial charge is 0.309 e. The summed E-state index contributed by atoms with van der Waals surface area (Å²) in [5.74, 6) is 0.672. The molecule has 4 heterocycles. The minimum Gasteiger partial charge on any atom is -0.309 e. The first kappa shape index (κ1) is 34.3. The van der Waals surface area contributed by atoms with Crippen LogP contribution in [0.4, 0.5) is 0 Å². The van der Waals surface area contributed by atoms with Crippen molar-refractivity contribution in [1.29, 1.82) is 0 Å². The second kappa shape index (κ2) is 14.0. The smallest absolute Gasteiger partial charge is 0.160 e. The molecule has 12 aromatic rings. The number of pyridine rings is 1. The van der Waals surface area contributed by atoms with E-state index in [1.165, 1.54) is 52.9 Å². The molecule has 0 aliphatic carbocycles. The molecule has 12 rings (SSSR count). The first-order chi connectivity index (χ1) is 29.7. The maximum absolute atomic E-state index is 5.43. The number of thiophene rings is 1. The molecule has 0 amide bonds. The molecule has 60 heavy (non-hydrogen) atoms. The molecule has 0 atom stereocenters. The van der Waals surface area contributed by atoms with E-state index in [1.54, 1.807) is 0 Å². The van der Waals surface area contributed by atoms with Crippen LogP contribution in [0.2, 0.25) is 0 Å². The first-order valence-electron chi connectivity index (χ1n) is 20.2. The molecule has 0 aliphatic heterocycles. The molecule has 4 aromatic heterocycles. The lowest BCUT2D eigenvalue weighted by molar-refractivity contribution is 1.16. The van der Waals surface area contributed by atoms with E-state index in [9.17, 15) is 0 Å². The second-order valence-electron chi connectivity index (χ2n) is 15.2. The summed E-state index contributed by atoms with van der Waals surface area (Å²) in [5, 5.41) is 6.07.